The van der Waals surface area contributed by atoms with Crippen LogP contribution in [-0.2, 0) is 23.0 Å². The quantitative estimate of drug-likeness (QED) is 0.619. The molecule has 3 heterocycles. The smallest absolute Gasteiger partial charge is 0.254 e. The second kappa shape index (κ2) is 10.2. The number of aromatic nitrogens is 1. The maximum absolute atomic E-state index is 13.3. The van der Waals surface area contributed by atoms with Gasteiger partial charge in [0.05, 0.1) is 15.6 Å². The molecule has 0 spiro atoms. The van der Waals surface area contributed by atoms with Crippen LogP contribution in [0.25, 0.3) is 0 Å². The van der Waals surface area contributed by atoms with E-state index < -0.39 is 10.0 Å². The highest BCUT2D eigenvalue weighted by Crippen LogP contribution is 2.27. The summed E-state index contributed by atoms with van der Waals surface area (Å²) in [5, 5.41) is 3.28. The highest BCUT2D eigenvalue weighted by molar-refractivity contribution is 7.89. The Hall–Kier alpha value is -1.81. The number of carbonyl (C=O) groups excluding carboxylic acids is 1. The standard InChI is InChI=1S/C24H34N4O3S2/c1-4-23-25-20(17-32-23)16-26-11-13-27(14-12-26)24(29)22-15-21(9-8-18(22)2)33(30,31)28-10-6-5-7-19(28)3/h8-9,15,17,19H,4-7,10-14,16H2,1-3H3. The average molecular weight is 491 g/mol. The molecule has 1 aromatic heterocycles. The monoisotopic (exact) mass is 490 g/mol. The Balaban J connectivity index is 1.44. The summed E-state index contributed by atoms with van der Waals surface area (Å²) < 4.78 is 28.2. The third kappa shape index (κ3) is 5.31. The Labute approximate surface area is 201 Å². The van der Waals surface area contributed by atoms with E-state index in [1.54, 1.807) is 33.8 Å². The van der Waals surface area contributed by atoms with Crippen LogP contribution >= 0.6 is 11.3 Å². The van der Waals surface area contributed by atoms with E-state index in [0.29, 0.717) is 25.2 Å². The number of piperazine rings is 1. The number of benzene rings is 1. The molecule has 0 N–H and O–H groups in total. The number of sulfonamides is 1. The van der Waals surface area contributed by atoms with E-state index in [1.807, 2.05) is 18.7 Å². The predicted octanol–water partition coefficient (Wildman–Crippen LogP) is 3.54. The van der Waals surface area contributed by atoms with Crippen LogP contribution in [-0.4, -0.2) is 72.2 Å². The van der Waals surface area contributed by atoms with Crippen molar-refractivity contribution < 1.29 is 13.2 Å². The first kappa shape index (κ1) is 24.3. The summed E-state index contributed by atoms with van der Waals surface area (Å²) in [4.78, 5) is 22.4. The number of hydrogen-bond donors (Lipinski definition) is 0. The van der Waals surface area contributed by atoms with Gasteiger partial charge in [0.15, 0.2) is 0 Å². The first-order valence-corrected chi connectivity index (χ1v) is 14.2. The number of amides is 1. The molecule has 2 aromatic rings. The summed E-state index contributed by atoms with van der Waals surface area (Å²) in [7, 11) is -3.61. The Bertz CT molecular complexity index is 1090. The molecule has 2 aliphatic heterocycles. The van der Waals surface area contributed by atoms with E-state index in [9.17, 15) is 13.2 Å². The summed E-state index contributed by atoms with van der Waals surface area (Å²) in [5.74, 6) is -0.0854. The molecule has 0 bridgehead atoms. The Morgan fingerprint density at radius 3 is 2.58 bits per heavy atom. The van der Waals surface area contributed by atoms with Gasteiger partial charge in [-0.05, 0) is 50.8 Å². The molecule has 180 valence electrons. The topological polar surface area (TPSA) is 73.8 Å². The van der Waals surface area contributed by atoms with Gasteiger partial charge in [-0.15, -0.1) is 11.3 Å². The fourth-order valence-electron chi connectivity index (χ4n) is 4.65. The lowest BCUT2D eigenvalue weighted by atomic mass is 10.1. The molecule has 1 atom stereocenters. The van der Waals surface area contributed by atoms with Crippen LogP contribution in [0.3, 0.4) is 0 Å². The maximum atomic E-state index is 13.3. The minimum Gasteiger partial charge on any atom is -0.336 e. The van der Waals surface area contributed by atoms with Crippen LogP contribution < -0.4 is 0 Å². The lowest BCUT2D eigenvalue weighted by Crippen LogP contribution is -2.48. The SMILES string of the molecule is CCc1nc(CN2CCN(C(=O)c3cc(S(=O)(=O)N4CCCCC4C)ccc3C)CC2)cs1. The maximum Gasteiger partial charge on any atom is 0.254 e. The van der Waals surface area contributed by atoms with Crippen molar-refractivity contribution >= 4 is 27.3 Å². The van der Waals surface area contributed by atoms with E-state index in [-0.39, 0.29) is 16.8 Å². The molecule has 2 aliphatic rings. The zero-order chi connectivity index (χ0) is 23.6. The van der Waals surface area contributed by atoms with Crippen molar-refractivity contribution in [2.45, 2.75) is 63.9 Å². The van der Waals surface area contributed by atoms with Gasteiger partial charge in [-0.3, -0.25) is 9.69 Å². The third-order valence-corrected chi connectivity index (χ3v) is 9.79. The van der Waals surface area contributed by atoms with Gasteiger partial charge in [-0.25, -0.2) is 13.4 Å². The van der Waals surface area contributed by atoms with Gasteiger partial charge < -0.3 is 4.90 Å². The Kier molecular flexibility index (Phi) is 7.53. The summed E-state index contributed by atoms with van der Waals surface area (Å²) in [6.45, 7) is 10.1. The van der Waals surface area contributed by atoms with E-state index in [4.69, 9.17) is 0 Å². The van der Waals surface area contributed by atoms with Gasteiger partial charge in [0.1, 0.15) is 0 Å². The van der Waals surface area contributed by atoms with Gasteiger partial charge in [0, 0.05) is 56.3 Å². The highest BCUT2D eigenvalue weighted by atomic mass is 32.2. The van der Waals surface area contributed by atoms with E-state index in [1.165, 1.54) is 0 Å². The lowest BCUT2D eigenvalue weighted by molar-refractivity contribution is 0.0626. The highest BCUT2D eigenvalue weighted by Gasteiger charge is 2.32. The Morgan fingerprint density at radius 1 is 1.15 bits per heavy atom. The van der Waals surface area contributed by atoms with Crippen molar-refractivity contribution in [2.75, 3.05) is 32.7 Å². The molecule has 4 rings (SSSR count). The summed E-state index contributed by atoms with van der Waals surface area (Å²) in [5.41, 5.74) is 2.39. The molecule has 0 aliphatic carbocycles. The number of piperidine rings is 1. The van der Waals surface area contributed by atoms with Gasteiger partial charge in [-0.2, -0.15) is 4.31 Å². The van der Waals surface area contributed by atoms with Crippen molar-refractivity contribution in [3.63, 3.8) is 0 Å². The molecule has 2 fully saturated rings. The Morgan fingerprint density at radius 2 is 1.91 bits per heavy atom. The molecule has 9 heteroatoms. The van der Waals surface area contributed by atoms with E-state index in [2.05, 4.69) is 22.2 Å². The number of rotatable bonds is 6. The lowest BCUT2D eigenvalue weighted by Gasteiger charge is -2.35. The number of thiazole rings is 1. The third-order valence-electron chi connectivity index (χ3n) is 6.73. The zero-order valence-corrected chi connectivity index (χ0v) is 21.4. The second-order valence-electron chi connectivity index (χ2n) is 9.09. The van der Waals surface area contributed by atoms with Gasteiger partial charge >= 0.3 is 0 Å². The van der Waals surface area contributed by atoms with Crippen molar-refractivity contribution in [3.8, 4) is 0 Å². The van der Waals surface area contributed by atoms with Crippen molar-refractivity contribution in [3.05, 3.63) is 45.4 Å². The first-order valence-electron chi connectivity index (χ1n) is 11.9. The minimum absolute atomic E-state index is 0.0107. The van der Waals surface area contributed by atoms with Gasteiger partial charge in [-0.1, -0.05) is 19.4 Å². The van der Waals surface area contributed by atoms with Gasteiger partial charge in [0.2, 0.25) is 10.0 Å². The molecule has 1 amide bonds. The van der Waals surface area contributed by atoms with Crippen LogP contribution in [0.5, 0.6) is 0 Å². The van der Waals surface area contributed by atoms with Crippen LogP contribution in [0.1, 0.15) is 59.7 Å². The van der Waals surface area contributed by atoms with Crippen LogP contribution in [0.2, 0.25) is 0 Å². The predicted molar refractivity (Wildman–Crippen MR) is 131 cm³/mol. The molecule has 2 saturated heterocycles. The largest absolute Gasteiger partial charge is 0.336 e. The van der Waals surface area contributed by atoms with Crippen molar-refractivity contribution in [1.29, 1.82) is 0 Å². The van der Waals surface area contributed by atoms with Crippen molar-refractivity contribution in [2.24, 2.45) is 0 Å². The summed E-state index contributed by atoms with van der Waals surface area (Å²) in [6.07, 6.45) is 3.77. The second-order valence-corrected chi connectivity index (χ2v) is 11.9. The molecule has 0 saturated carbocycles. The fraction of sp³-hybridized carbons (Fsp3) is 0.583. The molecule has 7 nitrogen and oxygen atoms in total. The molecule has 0 radical (unpaired) electrons. The number of nitrogens with zero attached hydrogens (tertiary/aromatic N) is 4. The van der Waals surface area contributed by atoms with Crippen molar-refractivity contribution in [1.82, 2.24) is 19.1 Å². The summed E-state index contributed by atoms with van der Waals surface area (Å²) >= 11 is 1.70. The van der Waals surface area contributed by atoms with Crippen LogP contribution in [0.4, 0.5) is 0 Å². The molecule has 1 aromatic carbocycles. The molecular weight excluding hydrogens is 456 g/mol. The fourth-order valence-corrected chi connectivity index (χ4v) is 7.11. The zero-order valence-electron chi connectivity index (χ0n) is 19.8. The van der Waals surface area contributed by atoms with E-state index >= 15 is 0 Å². The molecule has 1 unspecified atom stereocenters. The average Bonchev–Trinajstić information content (AvgIpc) is 3.27. The number of carbonyl (C=O) groups is 1. The number of hydrogen-bond acceptors (Lipinski definition) is 6. The minimum atomic E-state index is -3.61. The van der Waals surface area contributed by atoms with Crippen LogP contribution in [0.15, 0.2) is 28.5 Å². The van der Waals surface area contributed by atoms with Crippen LogP contribution in [0, 0.1) is 6.92 Å². The van der Waals surface area contributed by atoms with E-state index in [0.717, 1.165) is 61.6 Å². The molecular formula is C24H34N4O3S2. The van der Waals surface area contributed by atoms with Gasteiger partial charge in [0.25, 0.3) is 5.91 Å². The normalized spacial score (nSPS) is 20.8. The summed E-state index contributed by atoms with van der Waals surface area (Å²) in [6, 6.07) is 4.98. The number of aryl methyl sites for hydroxylation is 2. The molecule has 33 heavy (non-hydrogen) atoms. The first-order chi connectivity index (χ1) is 15.8.